The van der Waals surface area contributed by atoms with Crippen LogP contribution in [-0.2, 0) is 14.5 Å². The molecule has 0 amide bonds. The molecule has 0 aromatic heterocycles. The Bertz CT molecular complexity index is 169. The summed E-state index contributed by atoms with van der Waals surface area (Å²) in [4.78, 5) is 20.0. The van der Waals surface area contributed by atoms with Crippen LogP contribution in [0.5, 0.6) is 0 Å². The molecule has 0 heterocycles. The highest BCUT2D eigenvalue weighted by Gasteiger charge is 2.19. The molecule has 0 radical (unpaired) electrons. The number of hydrogen-bond donors (Lipinski definition) is 1. The summed E-state index contributed by atoms with van der Waals surface area (Å²) in [5.41, 5.74) is 0. The number of carboxylic acid groups (broad SMARTS) is 1. The van der Waals surface area contributed by atoms with Gasteiger partial charge < -0.3 is 9.84 Å². The van der Waals surface area contributed by atoms with Gasteiger partial charge in [-0.2, -0.15) is 4.89 Å². The summed E-state index contributed by atoms with van der Waals surface area (Å²) in [6.07, 6.45) is 0.849. The van der Waals surface area contributed by atoms with E-state index in [1.807, 2.05) is 0 Å². The van der Waals surface area contributed by atoms with Crippen molar-refractivity contribution in [2.75, 3.05) is 6.61 Å². The lowest BCUT2D eigenvalue weighted by Gasteiger charge is -2.18. The molecule has 0 fully saturated rings. The third-order valence-corrected chi connectivity index (χ3v) is 1.76. The molecule has 5 nitrogen and oxygen atoms in total. The summed E-state index contributed by atoms with van der Waals surface area (Å²) in [7, 11) is 0. The molecule has 0 aliphatic heterocycles. The zero-order valence-electron chi connectivity index (χ0n) is 9.56. The van der Waals surface area contributed by atoms with Crippen LogP contribution in [0.1, 0.15) is 40.0 Å². The topological polar surface area (TPSA) is 65.0 Å². The maximum atomic E-state index is 10.3. The Morgan fingerprint density at radius 2 is 2.00 bits per heavy atom. The van der Waals surface area contributed by atoms with Crippen molar-refractivity contribution in [1.82, 2.24) is 0 Å². The highest BCUT2D eigenvalue weighted by Crippen LogP contribution is 2.09. The van der Waals surface area contributed by atoms with E-state index in [2.05, 4.69) is 11.7 Å². The highest BCUT2D eigenvalue weighted by atomic mass is 17.2. The van der Waals surface area contributed by atoms with Crippen molar-refractivity contribution in [3.05, 3.63) is 0 Å². The van der Waals surface area contributed by atoms with Crippen LogP contribution >= 0.6 is 0 Å². The minimum atomic E-state index is -1.36. The summed E-state index contributed by atoms with van der Waals surface area (Å²) >= 11 is 0. The minimum Gasteiger partial charge on any atom is -0.450 e. The van der Waals surface area contributed by atoms with Gasteiger partial charge in [0.1, 0.15) is 0 Å². The molecule has 15 heavy (non-hydrogen) atoms. The summed E-state index contributed by atoms with van der Waals surface area (Å²) in [6.45, 7) is 6.14. The van der Waals surface area contributed by atoms with E-state index in [9.17, 15) is 4.79 Å². The zero-order valence-corrected chi connectivity index (χ0v) is 9.56. The fourth-order valence-electron chi connectivity index (χ4n) is 0.892. The molecule has 0 spiro atoms. The number of carbonyl (C=O) groups is 1. The monoisotopic (exact) mass is 220 g/mol. The van der Waals surface area contributed by atoms with E-state index in [1.165, 1.54) is 0 Å². The van der Waals surface area contributed by atoms with E-state index in [4.69, 9.17) is 14.9 Å². The fraction of sp³-hybridized carbons (Fsp3) is 0.900. The average Bonchev–Trinajstić information content (AvgIpc) is 2.15. The fourth-order valence-corrected chi connectivity index (χ4v) is 0.892. The highest BCUT2D eigenvalue weighted by molar-refractivity contribution is 5.56. The molecule has 1 atom stereocenters. The molecule has 0 aromatic rings. The second-order valence-corrected chi connectivity index (χ2v) is 3.62. The molecule has 0 bridgehead atoms. The average molecular weight is 220 g/mol. The number of ether oxygens (including phenoxy) is 1. The zero-order chi connectivity index (χ0) is 11.7. The third kappa shape index (κ3) is 8.20. The lowest BCUT2D eigenvalue weighted by Crippen LogP contribution is -2.26. The van der Waals surface area contributed by atoms with Crippen molar-refractivity contribution in [1.29, 1.82) is 0 Å². The molecule has 5 heteroatoms. The van der Waals surface area contributed by atoms with Crippen LogP contribution in [0.15, 0.2) is 0 Å². The first-order valence-electron chi connectivity index (χ1n) is 5.25. The molecule has 0 saturated carbocycles. The largest absolute Gasteiger partial charge is 0.508 e. The lowest BCUT2D eigenvalue weighted by atomic mass is 10.2. The van der Waals surface area contributed by atoms with E-state index < -0.39 is 12.4 Å². The normalized spacial score (nSPS) is 12.8. The summed E-state index contributed by atoms with van der Waals surface area (Å²) < 4.78 is 4.49. The first-order valence-corrected chi connectivity index (χ1v) is 5.25. The van der Waals surface area contributed by atoms with Gasteiger partial charge in [0.15, 0.2) is 0 Å². The smallest absolute Gasteiger partial charge is 0.450 e. The molecular weight excluding hydrogens is 200 g/mol. The van der Waals surface area contributed by atoms with Crippen LogP contribution in [0, 0.1) is 5.92 Å². The van der Waals surface area contributed by atoms with Crippen molar-refractivity contribution < 1.29 is 24.4 Å². The quantitative estimate of drug-likeness (QED) is 0.224. The van der Waals surface area contributed by atoms with Gasteiger partial charge in [0.2, 0.25) is 6.29 Å². The van der Waals surface area contributed by atoms with Crippen LogP contribution in [0.25, 0.3) is 0 Å². The molecule has 1 N–H and O–H groups in total. The Morgan fingerprint density at radius 3 is 2.47 bits per heavy atom. The third-order valence-electron chi connectivity index (χ3n) is 1.76. The molecule has 0 aliphatic carbocycles. The standard InChI is InChI=1S/C10H20O5/c1-4-5-6-7-13-15-9(8(2)3)14-10(11)12/h8-9H,4-7H2,1-3H3,(H,11,12). The second kappa shape index (κ2) is 8.49. The minimum absolute atomic E-state index is 0.0766. The van der Waals surface area contributed by atoms with Crippen LogP contribution in [0.3, 0.4) is 0 Å². The van der Waals surface area contributed by atoms with E-state index in [0.717, 1.165) is 19.3 Å². The van der Waals surface area contributed by atoms with E-state index in [-0.39, 0.29) is 5.92 Å². The van der Waals surface area contributed by atoms with Crippen molar-refractivity contribution in [3.63, 3.8) is 0 Å². The van der Waals surface area contributed by atoms with Crippen molar-refractivity contribution >= 4 is 6.16 Å². The van der Waals surface area contributed by atoms with Gasteiger partial charge in [-0.1, -0.05) is 33.6 Å². The van der Waals surface area contributed by atoms with E-state index in [1.54, 1.807) is 13.8 Å². The number of hydrogen-bond acceptors (Lipinski definition) is 4. The Labute approximate surface area is 90.2 Å². The molecule has 90 valence electrons. The molecule has 0 saturated heterocycles. The van der Waals surface area contributed by atoms with Crippen LogP contribution in [0.2, 0.25) is 0 Å². The van der Waals surface area contributed by atoms with Crippen molar-refractivity contribution in [3.8, 4) is 0 Å². The predicted molar refractivity (Wildman–Crippen MR) is 54.3 cm³/mol. The molecular formula is C10H20O5. The van der Waals surface area contributed by atoms with Gasteiger partial charge in [0.25, 0.3) is 0 Å². The lowest BCUT2D eigenvalue weighted by molar-refractivity contribution is -0.378. The Hall–Kier alpha value is -0.810. The van der Waals surface area contributed by atoms with Gasteiger partial charge in [0, 0.05) is 5.92 Å². The first kappa shape index (κ1) is 14.2. The molecule has 1 unspecified atom stereocenters. The van der Waals surface area contributed by atoms with Crippen LogP contribution in [-0.4, -0.2) is 24.2 Å². The Morgan fingerprint density at radius 1 is 1.33 bits per heavy atom. The van der Waals surface area contributed by atoms with Crippen molar-refractivity contribution in [2.45, 2.75) is 46.3 Å². The van der Waals surface area contributed by atoms with Gasteiger partial charge in [0.05, 0.1) is 6.61 Å². The SMILES string of the molecule is CCCCCOOC(OC(=O)O)C(C)C. The predicted octanol–water partition coefficient (Wildman–Crippen LogP) is 2.80. The molecule has 0 aliphatic rings. The number of unbranched alkanes of at least 4 members (excludes halogenated alkanes) is 2. The van der Waals surface area contributed by atoms with Gasteiger partial charge >= 0.3 is 6.16 Å². The number of rotatable bonds is 8. The van der Waals surface area contributed by atoms with E-state index in [0.29, 0.717) is 6.61 Å². The summed E-state index contributed by atoms with van der Waals surface area (Å²) in [5.74, 6) is -0.0766. The van der Waals surface area contributed by atoms with Gasteiger partial charge in [-0.15, -0.1) is 0 Å². The van der Waals surface area contributed by atoms with E-state index >= 15 is 0 Å². The molecule has 0 aromatic carbocycles. The molecule has 0 rings (SSSR count). The van der Waals surface area contributed by atoms with Gasteiger partial charge in [-0.25, -0.2) is 9.68 Å². The van der Waals surface area contributed by atoms with Crippen molar-refractivity contribution in [2.24, 2.45) is 5.92 Å². The second-order valence-electron chi connectivity index (χ2n) is 3.62. The van der Waals surface area contributed by atoms with Gasteiger partial charge in [-0.05, 0) is 6.42 Å². The van der Waals surface area contributed by atoms with Crippen LogP contribution < -0.4 is 0 Å². The Balaban J connectivity index is 3.62. The maximum Gasteiger partial charge on any atom is 0.508 e. The van der Waals surface area contributed by atoms with Crippen LogP contribution in [0.4, 0.5) is 4.79 Å². The Kier molecular flexibility index (Phi) is 8.04. The summed E-state index contributed by atoms with van der Waals surface area (Å²) in [6, 6.07) is 0. The van der Waals surface area contributed by atoms with Gasteiger partial charge in [-0.3, -0.25) is 0 Å². The first-order chi connectivity index (χ1) is 7.07. The maximum absolute atomic E-state index is 10.3. The summed E-state index contributed by atoms with van der Waals surface area (Å²) in [5, 5.41) is 8.42.